The highest BCUT2D eigenvalue weighted by Crippen LogP contribution is 2.40. The van der Waals surface area contributed by atoms with E-state index in [9.17, 15) is 15.2 Å². The fourth-order valence-corrected chi connectivity index (χ4v) is 2.96. The van der Waals surface area contributed by atoms with Crippen LogP contribution in [0.2, 0.25) is 5.02 Å². The Morgan fingerprint density at radius 1 is 1.23 bits per heavy atom. The van der Waals surface area contributed by atoms with E-state index in [0.29, 0.717) is 28.6 Å². The van der Waals surface area contributed by atoms with Crippen molar-refractivity contribution in [1.82, 2.24) is 5.32 Å². The molecule has 0 unspecified atom stereocenters. The zero-order chi connectivity index (χ0) is 18.9. The maximum atomic E-state index is 11.0. The van der Waals surface area contributed by atoms with Gasteiger partial charge in [0.15, 0.2) is 11.4 Å². The van der Waals surface area contributed by atoms with Crippen LogP contribution in [0.1, 0.15) is 25.0 Å². The first-order valence-corrected chi connectivity index (χ1v) is 8.55. The minimum Gasteiger partial charge on any atom is -0.506 e. The molecule has 0 bridgehead atoms. The van der Waals surface area contributed by atoms with Crippen molar-refractivity contribution in [3.63, 3.8) is 0 Å². The number of ether oxygens (including phenoxy) is 1. The number of nitrogens with zero attached hydrogens (tertiary/aromatic N) is 1. The summed E-state index contributed by atoms with van der Waals surface area (Å²) >= 11 is 5.89. The van der Waals surface area contributed by atoms with Gasteiger partial charge in [0.2, 0.25) is 0 Å². The van der Waals surface area contributed by atoms with Crippen LogP contribution in [-0.4, -0.2) is 22.2 Å². The largest absolute Gasteiger partial charge is 0.506 e. The lowest BCUT2D eigenvalue weighted by atomic mass is 9.96. The quantitative estimate of drug-likeness (QED) is 0.595. The van der Waals surface area contributed by atoms with Gasteiger partial charge in [0.1, 0.15) is 5.75 Å². The molecule has 2 aromatic carbocycles. The van der Waals surface area contributed by atoms with Gasteiger partial charge in [0, 0.05) is 23.2 Å². The van der Waals surface area contributed by atoms with E-state index >= 15 is 0 Å². The molecule has 0 fully saturated rings. The molecule has 1 heterocycles. The van der Waals surface area contributed by atoms with Crippen LogP contribution in [-0.2, 0) is 6.42 Å². The molecule has 1 aliphatic heterocycles. The molecule has 0 saturated heterocycles. The molecule has 0 amide bonds. The molecule has 2 N–H and O–H groups in total. The second kappa shape index (κ2) is 6.88. The molecule has 1 aliphatic rings. The highest BCUT2D eigenvalue weighted by Gasteiger charge is 2.36. The number of halogens is 1. The number of fused-ring (bicyclic) bond motifs is 1. The van der Waals surface area contributed by atoms with Crippen LogP contribution in [0, 0.1) is 10.1 Å². The lowest BCUT2D eigenvalue weighted by Gasteiger charge is -2.33. The van der Waals surface area contributed by atoms with E-state index in [2.05, 4.69) is 5.32 Å². The van der Waals surface area contributed by atoms with Crippen molar-refractivity contribution < 1.29 is 14.8 Å². The molecular weight excluding hydrogens is 356 g/mol. The Labute approximate surface area is 156 Å². The third kappa shape index (κ3) is 3.60. The van der Waals surface area contributed by atoms with E-state index in [1.165, 1.54) is 12.1 Å². The lowest BCUT2D eigenvalue weighted by molar-refractivity contribution is -0.385. The first-order valence-electron chi connectivity index (χ1n) is 8.18. The van der Waals surface area contributed by atoms with Crippen LogP contribution < -0.4 is 10.1 Å². The minimum atomic E-state index is -0.981. The third-order valence-corrected chi connectivity index (χ3v) is 4.50. The van der Waals surface area contributed by atoms with Crippen LogP contribution in [0.3, 0.4) is 0 Å². The molecule has 2 aromatic rings. The van der Waals surface area contributed by atoms with E-state index in [1.54, 1.807) is 19.9 Å². The lowest BCUT2D eigenvalue weighted by Crippen LogP contribution is -2.37. The van der Waals surface area contributed by atoms with E-state index in [1.807, 2.05) is 24.3 Å². The summed E-state index contributed by atoms with van der Waals surface area (Å²) in [5.41, 5.74) is 1.20. The van der Waals surface area contributed by atoms with Gasteiger partial charge in [0.05, 0.1) is 16.7 Å². The second-order valence-corrected chi connectivity index (χ2v) is 7.01. The summed E-state index contributed by atoms with van der Waals surface area (Å²) in [6.07, 6.45) is 0.734. The molecule has 0 saturated carbocycles. The number of nitrogens with one attached hydrogen (secondary N) is 1. The average molecular weight is 375 g/mol. The van der Waals surface area contributed by atoms with Crippen molar-refractivity contribution in [3.8, 4) is 5.75 Å². The smallest absolute Gasteiger partial charge is 0.273 e. The highest BCUT2D eigenvalue weighted by atomic mass is 35.5. The highest BCUT2D eigenvalue weighted by molar-refractivity contribution is 6.30. The number of benzene rings is 2. The molecule has 26 heavy (non-hydrogen) atoms. The molecule has 0 radical (unpaired) electrons. The number of rotatable bonds is 5. The number of nitro groups is 1. The SMILES string of the molecule is CC1(C)Oc2cc([N+](=O)[O-])ccc2C(NCCc2ccc(Cl)cc2)=C1O. The Kier molecular flexibility index (Phi) is 4.78. The van der Waals surface area contributed by atoms with Gasteiger partial charge < -0.3 is 15.2 Å². The van der Waals surface area contributed by atoms with Crippen LogP contribution >= 0.6 is 11.6 Å². The van der Waals surface area contributed by atoms with Crippen molar-refractivity contribution in [1.29, 1.82) is 0 Å². The van der Waals surface area contributed by atoms with Crippen molar-refractivity contribution in [2.45, 2.75) is 25.9 Å². The molecule has 6 nitrogen and oxygen atoms in total. The van der Waals surface area contributed by atoms with Gasteiger partial charge in [-0.05, 0) is 44.0 Å². The van der Waals surface area contributed by atoms with E-state index < -0.39 is 10.5 Å². The number of aliphatic hydroxyl groups is 1. The molecule has 7 heteroatoms. The minimum absolute atomic E-state index is 0.0542. The van der Waals surface area contributed by atoms with Crippen molar-refractivity contribution >= 4 is 23.0 Å². The fraction of sp³-hybridized carbons (Fsp3) is 0.263. The van der Waals surface area contributed by atoms with Crippen molar-refractivity contribution in [3.05, 3.63) is 74.5 Å². The first kappa shape index (κ1) is 18.1. The van der Waals surface area contributed by atoms with Gasteiger partial charge in [-0.2, -0.15) is 0 Å². The third-order valence-electron chi connectivity index (χ3n) is 4.25. The number of nitro benzene ring substituents is 1. The van der Waals surface area contributed by atoms with Gasteiger partial charge in [-0.15, -0.1) is 0 Å². The average Bonchev–Trinajstić information content (AvgIpc) is 2.59. The molecule has 0 spiro atoms. The Morgan fingerprint density at radius 3 is 2.58 bits per heavy atom. The van der Waals surface area contributed by atoms with Crippen LogP contribution in [0.15, 0.2) is 48.2 Å². The maximum absolute atomic E-state index is 11.0. The summed E-state index contributed by atoms with van der Waals surface area (Å²) in [4.78, 5) is 10.5. The summed E-state index contributed by atoms with van der Waals surface area (Å²) in [5, 5.41) is 25.5. The summed E-state index contributed by atoms with van der Waals surface area (Å²) in [6.45, 7) is 4.00. The maximum Gasteiger partial charge on any atom is 0.273 e. The number of aliphatic hydroxyl groups excluding tert-OH is 1. The molecule has 0 aliphatic carbocycles. The summed E-state index contributed by atoms with van der Waals surface area (Å²) in [5.74, 6) is 0.436. The fourth-order valence-electron chi connectivity index (χ4n) is 2.83. The Morgan fingerprint density at radius 2 is 1.92 bits per heavy atom. The van der Waals surface area contributed by atoms with Gasteiger partial charge in [-0.1, -0.05) is 23.7 Å². The van der Waals surface area contributed by atoms with E-state index in [0.717, 1.165) is 12.0 Å². The van der Waals surface area contributed by atoms with Gasteiger partial charge in [-0.25, -0.2) is 0 Å². The van der Waals surface area contributed by atoms with Crippen LogP contribution in [0.4, 0.5) is 5.69 Å². The second-order valence-electron chi connectivity index (χ2n) is 6.58. The van der Waals surface area contributed by atoms with Crippen LogP contribution in [0.5, 0.6) is 5.75 Å². The Bertz CT molecular complexity index is 876. The molecule has 0 aromatic heterocycles. The number of hydrogen-bond donors (Lipinski definition) is 2. The number of non-ortho nitro benzene ring substituents is 1. The first-order chi connectivity index (χ1) is 12.3. The molecule has 3 rings (SSSR count). The summed E-state index contributed by atoms with van der Waals surface area (Å²) in [6, 6.07) is 11.9. The summed E-state index contributed by atoms with van der Waals surface area (Å²) in [7, 11) is 0. The zero-order valence-electron chi connectivity index (χ0n) is 14.5. The Balaban J connectivity index is 1.84. The molecule has 0 atom stereocenters. The predicted octanol–water partition coefficient (Wildman–Crippen LogP) is 4.48. The topological polar surface area (TPSA) is 84.6 Å². The molecule has 136 valence electrons. The predicted molar refractivity (Wildman–Crippen MR) is 101 cm³/mol. The van der Waals surface area contributed by atoms with Gasteiger partial charge in [-0.3, -0.25) is 10.1 Å². The van der Waals surface area contributed by atoms with Gasteiger partial charge in [0.25, 0.3) is 5.69 Å². The number of hydrogen-bond acceptors (Lipinski definition) is 5. The molecular formula is C19H19ClN2O4. The van der Waals surface area contributed by atoms with E-state index in [4.69, 9.17) is 16.3 Å². The van der Waals surface area contributed by atoms with Crippen molar-refractivity contribution in [2.24, 2.45) is 0 Å². The monoisotopic (exact) mass is 374 g/mol. The van der Waals surface area contributed by atoms with Crippen LogP contribution in [0.25, 0.3) is 5.70 Å². The Hall–Kier alpha value is -2.73. The summed E-state index contributed by atoms with van der Waals surface area (Å²) < 4.78 is 5.76. The van der Waals surface area contributed by atoms with Gasteiger partial charge >= 0.3 is 0 Å². The van der Waals surface area contributed by atoms with E-state index in [-0.39, 0.29) is 11.4 Å². The standard InChI is InChI=1S/C19H19ClN2O4/c1-19(2)18(23)17(21-10-9-12-3-5-13(20)6-4-12)15-8-7-14(22(24)25)11-16(15)26-19/h3-8,11,21,23H,9-10H2,1-2H3. The zero-order valence-corrected chi connectivity index (χ0v) is 15.2. The van der Waals surface area contributed by atoms with Crippen molar-refractivity contribution in [2.75, 3.05) is 6.54 Å². The normalized spacial score (nSPS) is 15.2.